The smallest absolute Gasteiger partial charge is 0.0604 e. The summed E-state index contributed by atoms with van der Waals surface area (Å²) in [7, 11) is 0. The second kappa shape index (κ2) is 6.01. The van der Waals surface area contributed by atoms with E-state index in [1.165, 1.54) is 5.56 Å². The summed E-state index contributed by atoms with van der Waals surface area (Å²) in [6.45, 7) is 6.10. The van der Waals surface area contributed by atoms with Crippen molar-refractivity contribution in [3.8, 4) is 12.3 Å². The van der Waals surface area contributed by atoms with Gasteiger partial charge in [-0.15, -0.1) is 13.0 Å². The van der Waals surface area contributed by atoms with Crippen molar-refractivity contribution in [2.45, 2.75) is 6.54 Å². The van der Waals surface area contributed by atoms with Crippen molar-refractivity contribution < 1.29 is 0 Å². The van der Waals surface area contributed by atoms with E-state index in [0.29, 0.717) is 6.54 Å². The molecule has 0 amide bonds. The van der Waals surface area contributed by atoms with Crippen LogP contribution in [0.4, 0.5) is 0 Å². The number of hydrogen-bond acceptors (Lipinski definition) is 1. The second-order valence-corrected chi connectivity index (χ2v) is 3.15. The summed E-state index contributed by atoms with van der Waals surface area (Å²) in [5, 5.41) is 0. The van der Waals surface area contributed by atoms with Gasteiger partial charge in [0.15, 0.2) is 0 Å². The molecule has 0 aliphatic heterocycles. The highest BCUT2D eigenvalue weighted by molar-refractivity contribution is 5.14. The number of benzene rings is 1. The highest BCUT2D eigenvalue weighted by Gasteiger charge is 2.01. The summed E-state index contributed by atoms with van der Waals surface area (Å²) < 4.78 is 0. The van der Waals surface area contributed by atoms with Crippen LogP contribution in [0.25, 0.3) is 0 Å². The van der Waals surface area contributed by atoms with E-state index < -0.39 is 0 Å². The molecule has 1 aromatic rings. The third kappa shape index (κ3) is 3.47. The number of terminal acetylenes is 1. The molecule has 0 fully saturated rings. The van der Waals surface area contributed by atoms with Gasteiger partial charge in [0.25, 0.3) is 0 Å². The van der Waals surface area contributed by atoms with Crippen LogP contribution in [-0.2, 0) is 6.54 Å². The zero-order valence-electron chi connectivity index (χ0n) is 8.32. The molecule has 0 atom stereocenters. The number of hydrogen-bond donors (Lipinski definition) is 0. The van der Waals surface area contributed by atoms with Crippen LogP contribution >= 0.6 is 0 Å². The van der Waals surface area contributed by atoms with Gasteiger partial charge in [-0.25, -0.2) is 0 Å². The predicted molar refractivity (Wildman–Crippen MR) is 60.7 cm³/mol. The Morgan fingerprint density at radius 1 is 1.36 bits per heavy atom. The average molecular weight is 185 g/mol. The molecule has 0 saturated carbocycles. The Balaban J connectivity index is 2.56. The average Bonchev–Trinajstić information content (AvgIpc) is 2.20. The minimum absolute atomic E-state index is 0.668. The standard InChI is InChI=1S/C13H15N/c1-3-10-14(11-4-2)12-13-8-6-5-7-9-13/h1,4-9H,2,10-12H2. The first-order valence-electron chi connectivity index (χ1n) is 4.67. The van der Waals surface area contributed by atoms with Crippen LogP contribution in [0.2, 0.25) is 0 Å². The molecule has 0 saturated heterocycles. The molecule has 1 nitrogen and oxygen atoms in total. The predicted octanol–water partition coefficient (Wildman–Crippen LogP) is 2.31. The summed E-state index contributed by atoms with van der Waals surface area (Å²) >= 11 is 0. The normalized spacial score (nSPS) is 9.71. The Hall–Kier alpha value is -1.52. The second-order valence-electron chi connectivity index (χ2n) is 3.15. The van der Waals surface area contributed by atoms with E-state index in [1.54, 1.807) is 0 Å². The molecule has 0 spiro atoms. The molecule has 0 bridgehead atoms. The first-order chi connectivity index (χ1) is 6.86. The lowest BCUT2D eigenvalue weighted by Gasteiger charge is -2.17. The fourth-order valence-electron chi connectivity index (χ4n) is 1.34. The third-order valence-corrected chi connectivity index (χ3v) is 1.95. The molecular weight excluding hydrogens is 170 g/mol. The zero-order chi connectivity index (χ0) is 10.2. The van der Waals surface area contributed by atoms with E-state index >= 15 is 0 Å². The van der Waals surface area contributed by atoms with Gasteiger partial charge in [-0.05, 0) is 5.56 Å². The van der Waals surface area contributed by atoms with Gasteiger partial charge in [0.05, 0.1) is 6.54 Å². The van der Waals surface area contributed by atoms with Crippen LogP contribution in [0.3, 0.4) is 0 Å². The highest BCUT2D eigenvalue weighted by Crippen LogP contribution is 2.03. The molecular formula is C13H15N. The van der Waals surface area contributed by atoms with Gasteiger partial charge in [-0.2, -0.15) is 0 Å². The molecule has 0 heterocycles. The fourth-order valence-corrected chi connectivity index (χ4v) is 1.34. The number of nitrogens with zero attached hydrogens (tertiary/aromatic N) is 1. The molecule has 0 aliphatic carbocycles. The van der Waals surface area contributed by atoms with Gasteiger partial charge in [-0.3, -0.25) is 4.90 Å². The monoisotopic (exact) mass is 185 g/mol. The summed E-state index contributed by atoms with van der Waals surface area (Å²) in [4.78, 5) is 2.17. The van der Waals surface area contributed by atoms with Crippen LogP contribution < -0.4 is 0 Å². The minimum atomic E-state index is 0.668. The van der Waals surface area contributed by atoms with E-state index in [-0.39, 0.29) is 0 Å². The maximum Gasteiger partial charge on any atom is 0.0604 e. The Labute approximate surface area is 86.1 Å². The summed E-state index contributed by atoms with van der Waals surface area (Å²) in [6.07, 6.45) is 7.16. The molecule has 14 heavy (non-hydrogen) atoms. The molecule has 0 radical (unpaired) electrons. The Morgan fingerprint density at radius 3 is 2.64 bits per heavy atom. The fraction of sp³-hybridized carbons (Fsp3) is 0.231. The maximum atomic E-state index is 5.29. The Bertz CT molecular complexity index is 308. The molecule has 1 heteroatoms. The molecule has 0 N–H and O–H groups in total. The lowest BCUT2D eigenvalue weighted by molar-refractivity contribution is 0.333. The molecule has 0 aliphatic rings. The van der Waals surface area contributed by atoms with Gasteiger partial charge in [0.2, 0.25) is 0 Å². The Morgan fingerprint density at radius 2 is 2.07 bits per heavy atom. The summed E-state index contributed by atoms with van der Waals surface area (Å²) in [6, 6.07) is 10.3. The van der Waals surface area contributed by atoms with Crippen molar-refractivity contribution in [3.05, 3.63) is 48.6 Å². The van der Waals surface area contributed by atoms with Crippen molar-refractivity contribution in [2.24, 2.45) is 0 Å². The van der Waals surface area contributed by atoms with Crippen LogP contribution in [0.5, 0.6) is 0 Å². The quantitative estimate of drug-likeness (QED) is 0.502. The first-order valence-corrected chi connectivity index (χ1v) is 4.67. The van der Waals surface area contributed by atoms with E-state index in [0.717, 1.165) is 13.1 Å². The maximum absolute atomic E-state index is 5.29. The van der Waals surface area contributed by atoms with Crippen molar-refractivity contribution >= 4 is 0 Å². The Kier molecular flexibility index (Phi) is 4.54. The minimum Gasteiger partial charge on any atom is -0.284 e. The molecule has 0 aromatic heterocycles. The van der Waals surface area contributed by atoms with Crippen molar-refractivity contribution in [3.63, 3.8) is 0 Å². The van der Waals surface area contributed by atoms with Crippen LogP contribution in [-0.4, -0.2) is 18.0 Å². The van der Waals surface area contributed by atoms with Gasteiger partial charge < -0.3 is 0 Å². The van der Waals surface area contributed by atoms with Crippen molar-refractivity contribution in [1.82, 2.24) is 4.90 Å². The molecule has 72 valence electrons. The zero-order valence-corrected chi connectivity index (χ0v) is 8.32. The van der Waals surface area contributed by atoms with Gasteiger partial charge in [-0.1, -0.05) is 42.3 Å². The first kappa shape index (κ1) is 10.6. The van der Waals surface area contributed by atoms with Crippen LogP contribution in [0.15, 0.2) is 43.0 Å². The lowest BCUT2D eigenvalue weighted by Crippen LogP contribution is -2.23. The topological polar surface area (TPSA) is 3.24 Å². The van der Waals surface area contributed by atoms with Crippen LogP contribution in [0, 0.1) is 12.3 Å². The summed E-state index contributed by atoms with van der Waals surface area (Å²) in [5.41, 5.74) is 1.28. The molecule has 1 rings (SSSR count). The summed E-state index contributed by atoms with van der Waals surface area (Å²) in [5.74, 6) is 2.65. The van der Waals surface area contributed by atoms with Crippen molar-refractivity contribution in [2.75, 3.05) is 13.1 Å². The van der Waals surface area contributed by atoms with Crippen molar-refractivity contribution in [1.29, 1.82) is 0 Å². The number of rotatable bonds is 5. The van der Waals surface area contributed by atoms with E-state index in [2.05, 4.69) is 29.5 Å². The third-order valence-electron chi connectivity index (χ3n) is 1.95. The van der Waals surface area contributed by atoms with E-state index in [4.69, 9.17) is 6.42 Å². The lowest BCUT2D eigenvalue weighted by atomic mass is 10.2. The van der Waals surface area contributed by atoms with E-state index in [1.807, 2.05) is 24.3 Å². The largest absolute Gasteiger partial charge is 0.284 e. The SMILES string of the molecule is C#CCN(CC=C)Cc1ccccc1. The van der Waals surface area contributed by atoms with E-state index in [9.17, 15) is 0 Å². The van der Waals surface area contributed by atoms with Gasteiger partial charge >= 0.3 is 0 Å². The van der Waals surface area contributed by atoms with Gasteiger partial charge in [0.1, 0.15) is 0 Å². The highest BCUT2D eigenvalue weighted by atomic mass is 15.1. The van der Waals surface area contributed by atoms with Gasteiger partial charge in [0, 0.05) is 13.1 Å². The molecule has 1 aromatic carbocycles. The molecule has 0 unspecified atom stereocenters. The van der Waals surface area contributed by atoms with Crippen LogP contribution in [0.1, 0.15) is 5.56 Å².